The molecule has 0 unspecified atom stereocenters. The summed E-state index contributed by atoms with van der Waals surface area (Å²) in [5.41, 5.74) is 1.68. The Labute approximate surface area is 152 Å². The van der Waals surface area contributed by atoms with Gasteiger partial charge in [0.15, 0.2) is 0 Å². The summed E-state index contributed by atoms with van der Waals surface area (Å²) >= 11 is 0. The van der Waals surface area contributed by atoms with Crippen LogP contribution in [0.25, 0.3) is 11.4 Å². The van der Waals surface area contributed by atoms with E-state index < -0.39 is 35.2 Å². The minimum Gasteiger partial charge on any atom is -0.347 e. The molecule has 1 aromatic heterocycles. The molecule has 1 amide bonds. The molecule has 7 nitrogen and oxygen atoms in total. The summed E-state index contributed by atoms with van der Waals surface area (Å²) in [7, 11) is 1.46. The second-order valence-corrected chi connectivity index (χ2v) is 6.30. The van der Waals surface area contributed by atoms with Crippen molar-refractivity contribution in [1.29, 1.82) is 0 Å². The highest BCUT2D eigenvalue weighted by Crippen LogP contribution is 2.29. The Morgan fingerprint density at radius 1 is 1.30 bits per heavy atom. The maximum atomic E-state index is 14.3. The monoisotopic (exact) mass is 390 g/mol. The van der Waals surface area contributed by atoms with Gasteiger partial charge in [-0.15, -0.1) is 0 Å². The standard InChI is InChI=1S/C16H18F4N4O3/c1-15(2,6-7-21-26-3)23-13(25)10-5-4-9(8-11(10)17)12-22-14(27-24-12)16(18,19)20/h4-5,8,21H,6-7H2,1-3H3,(H,23,25). The summed E-state index contributed by atoms with van der Waals surface area (Å²) < 4.78 is 55.9. The summed E-state index contributed by atoms with van der Waals surface area (Å²) in [5.74, 6) is -3.55. The number of alkyl halides is 3. The Morgan fingerprint density at radius 3 is 2.56 bits per heavy atom. The van der Waals surface area contributed by atoms with E-state index in [0.29, 0.717) is 13.0 Å². The van der Waals surface area contributed by atoms with E-state index in [1.165, 1.54) is 13.2 Å². The van der Waals surface area contributed by atoms with Gasteiger partial charge in [-0.1, -0.05) is 11.2 Å². The number of hydrogen-bond acceptors (Lipinski definition) is 6. The summed E-state index contributed by atoms with van der Waals surface area (Å²) in [5, 5.41) is 5.86. The van der Waals surface area contributed by atoms with E-state index in [1.54, 1.807) is 13.8 Å². The molecular formula is C16H18F4N4O3. The van der Waals surface area contributed by atoms with Crippen LogP contribution in [0.2, 0.25) is 0 Å². The van der Waals surface area contributed by atoms with Gasteiger partial charge in [-0.3, -0.25) is 4.79 Å². The van der Waals surface area contributed by atoms with Gasteiger partial charge in [0, 0.05) is 17.6 Å². The first-order valence-corrected chi connectivity index (χ1v) is 7.83. The van der Waals surface area contributed by atoms with Crippen LogP contribution in [0.1, 0.15) is 36.5 Å². The summed E-state index contributed by atoms with van der Waals surface area (Å²) in [4.78, 5) is 20.2. The van der Waals surface area contributed by atoms with Crippen LogP contribution >= 0.6 is 0 Å². The van der Waals surface area contributed by atoms with Crippen molar-refractivity contribution in [1.82, 2.24) is 20.9 Å². The highest BCUT2D eigenvalue weighted by Gasteiger charge is 2.38. The Balaban J connectivity index is 2.14. The van der Waals surface area contributed by atoms with Crippen LogP contribution in [0.4, 0.5) is 17.6 Å². The van der Waals surface area contributed by atoms with Gasteiger partial charge in [0.25, 0.3) is 5.91 Å². The third-order valence-electron chi connectivity index (χ3n) is 3.59. The van der Waals surface area contributed by atoms with Crippen molar-refractivity contribution < 1.29 is 31.7 Å². The summed E-state index contributed by atoms with van der Waals surface area (Å²) in [6.45, 7) is 3.98. The zero-order valence-electron chi connectivity index (χ0n) is 14.8. The first-order valence-electron chi connectivity index (χ1n) is 7.83. The van der Waals surface area contributed by atoms with E-state index in [0.717, 1.165) is 12.1 Å². The lowest BCUT2D eigenvalue weighted by Gasteiger charge is -2.26. The predicted octanol–water partition coefficient (Wildman–Crippen LogP) is 2.94. The fourth-order valence-corrected chi connectivity index (χ4v) is 2.20. The molecule has 0 saturated carbocycles. The minimum atomic E-state index is -4.80. The molecule has 0 bridgehead atoms. The summed E-state index contributed by atoms with van der Waals surface area (Å²) in [6.07, 6.45) is -4.29. The lowest BCUT2D eigenvalue weighted by atomic mass is 9.99. The number of nitrogens with zero attached hydrogens (tertiary/aromatic N) is 2. The van der Waals surface area contributed by atoms with Gasteiger partial charge in [0.05, 0.1) is 12.7 Å². The smallest absolute Gasteiger partial charge is 0.347 e. The van der Waals surface area contributed by atoms with Crippen LogP contribution < -0.4 is 10.8 Å². The SMILES string of the molecule is CONCCC(C)(C)NC(=O)c1ccc(-c2noc(C(F)(F)F)n2)cc1F. The first-order chi connectivity index (χ1) is 12.5. The number of halogens is 4. The van der Waals surface area contributed by atoms with Crippen molar-refractivity contribution in [3.8, 4) is 11.4 Å². The number of hydroxylamine groups is 1. The van der Waals surface area contributed by atoms with E-state index in [1.807, 2.05) is 0 Å². The second kappa shape index (κ2) is 8.01. The third-order valence-corrected chi connectivity index (χ3v) is 3.59. The molecule has 1 aromatic carbocycles. The van der Waals surface area contributed by atoms with Crippen LogP contribution in [0.5, 0.6) is 0 Å². The Kier molecular flexibility index (Phi) is 6.16. The van der Waals surface area contributed by atoms with E-state index >= 15 is 0 Å². The number of nitrogens with one attached hydrogen (secondary N) is 2. The van der Waals surface area contributed by atoms with E-state index in [2.05, 4.69) is 25.5 Å². The Hall–Kier alpha value is -2.53. The number of aromatic nitrogens is 2. The number of carbonyl (C=O) groups is 1. The fraction of sp³-hybridized carbons (Fsp3) is 0.438. The van der Waals surface area contributed by atoms with Crippen molar-refractivity contribution in [2.24, 2.45) is 0 Å². The Bertz CT molecular complexity index is 805. The molecular weight excluding hydrogens is 372 g/mol. The van der Waals surface area contributed by atoms with Crippen LogP contribution in [0.3, 0.4) is 0 Å². The highest BCUT2D eigenvalue weighted by molar-refractivity contribution is 5.95. The topological polar surface area (TPSA) is 89.3 Å². The zero-order valence-corrected chi connectivity index (χ0v) is 14.8. The van der Waals surface area contributed by atoms with Crippen LogP contribution in [0.15, 0.2) is 22.7 Å². The molecule has 2 rings (SSSR count). The molecule has 2 N–H and O–H groups in total. The van der Waals surface area contributed by atoms with Gasteiger partial charge >= 0.3 is 12.1 Å². The van der Waals surface area contributed by atoms with Crippen LogP contribution in [-0.4, -0.2) is 35.2 Å². The zero-order chi connectivity index (χ0) is 20.2. The number of amides is 1. The fourth-order valence-electron chi connectivity index (χ4n) is 2.20. The number of rotatable bonds is 7. The molecule has 2 aromatic rings. The molecule has 1 heterocycles. The Morgan fingerprint density at radius 2 is 2.00 bits per heavy atom. The molecule has 0 radical (unpaired) electrons. The maximum absolute atomic E-state index is 14.3. The third kappa shape index (κ3) is 5.47. The van der Waals surface area contributed by atoms with Crippen LogP contribution in [-0.2, 0) is 11.0 Å². The normalized spacial score (nSPS) is 12.3. The predicted molar refractivity (Wildman–Crippen MR) is 85.9 cm³/mol. The van der Waals surface area contributed by atoms with Gasteiger partial charge in [0.1, 0.15) is 5.82 Å². The second-order valence-electron chi connectivity index (χ2n) is 6.30. The van der Waals surface area contributed by atoms with Gasteiger partial charge in [0.2, 0.25) is 5.82 Å². The average molecular weight is 390 g/mol. The number of hydrogen-bond donors (Lipinski definition) is 2. The molecule has 0 aliphatic heterocycles. The van der Waals surface area contributed by atoms with Crippen molar-refractivity contribution in [3.63, 3.8) is 0 Å². The van der Waals surface area contributed by atoms with Gasteiger partial charge in [-0.25, -0.2) is 9.87 Å². The molecule has 0 aliphatic carbocycles. The van der Waals surface area contributed by atoms with Gasteiger partial charge < -0.3 is 14.7 Å². The lowest BCUT2D eigenvalue weighted by molar-refractivity contribution is -0.159. The highest BCUT2D eigenvalue weighted by atomic mass is 19.4. The number of carbonyl (C=O) groups excluding carboxylic acids is 1. The van der Waals surface area contributed by atoms with Crippen molar-refractivity contribution >= 4 is 5.91 Å². The van der Waals surface area contributed by atoms with Crippen molar-refractivity contribution in [3.05, 3.63) is 35.5 Å². The molecule has 0 fully saturated rings. The maximum Gasteiger partial charge on any atom is 0.471 e. The van der Waals surface area contributed by atoms with E-state index in [4.69, 9.17) is 4.84 Å². The molecule has 148 valence electrons. The lowest BCUT2D eigenvalue weighted by Crippen LogP contribution is -2.45. The molecule has 0 saturated heterocycles. The molecule has 0 atom stereocenters. The van der Waals surface area contributed by atoms with Crippen molar-refractivity contribution in [2.75, 3.05) is 13.7 Å². The average Bonchev–Trinajstić information content (AvgIpc) is 3.04. The quantitative estimate of drug-likeness (QED) is 0.429. The first kappa shape index (κ1) is 20.8. The van der Waals surface area contributed by atoms with Gasteiger partial charge in [-0.05, 0) is 32.4 Å². The van der Waals surface area contributed by atoms with Crippen molar-refractivity contribution in [2.45, 2.75) is 32.0 Å². The van der Waals surface area contributed by atoms with E-state index in [-0.39, 0.29) is 11.1 Å². The van der Waals surface area contributed by atoms with E-state index in [9.17, 15) is 22.4 Å². The number of benzene rings is 1. The summed E-state index contributed by atoms with van der Waals surface area (Å²) in [6, 6.07) is 3.26. The molecule has 27 heavy (non-hydrogen) atoms. The minimum absolute atomic E-state index is 0.0492. The molecule has 11 heteroatoms. The van der Waals surface area contributed by atoms with Crippen LogP contribution in [0, 0.1) is 5.82 Å². The largest absolute Gasteiger partial charge is 0.471 e. The van der Waals surface area contributed by atoms with Gasteiger partial charge in [-0.2, -0.15) is 18.2 Å². The molecule has 0 spiro atoms. The molecule has 0 aliphatic rings.